The van der Waals surface area contributed by atoms with Gasteiger partial charge in [0, 0.05) is 25.3 Å². The molecular weight excluding hydrogens is 385 g/mol. The molecular formula is C24H34FNO4. The van der Waals surface area contributed by atoms with Crippen LogP contribution >= 0.6 is 0 Å². The lowest BCUT2D eigenvalue weighted by molar-refractivity contribution is 0.127. The van der Waals surface area contributed by atoms with E-state index in [1.807, 2.05) is 12.1 Å². The number of rotatable bonds is 15. The number of aromatic hydroxyl groups is 1. The van der Waals surface area contributed by atoms with Gasteiger partial charge >= 0.3 is 0 Å². The number of unbranched alkanes of at least 4 members (excludes halogenated alkanes) is 3. The summed E-state index contributed by atoms with van der Waals surface area (Å²) in [7, 11) is 0. The van der Waals surface area contributed by atoms with E-state index in [9.17, 15) is 19.7 Å². The molecule has 0 radical (unpaired) electrons. The van der Waals surface area contributed by atoms with Gasteiger partial charge in [-0.25, -0.2) is 4.39 Å². The van der Waals surface area contributed by atoms with Gasteiger partial charge in [0.1, 0.15) is 11.6 Å². The minimum Gasteiger partial charge on any atom is -0.508 e. The third-order valence-electron chi connectivity index (χ3n) is 5.06. The van der Waals surface area contributed by atoms with Crippen LogP contribution in [-0.4, -0.2) is 41.6 Å². The second-order valence-electron chi connectivity index (χ2n) is 7.52. The summed E-state index contributed by atoms with van der Waals surface area (Å²) in [6.07, 6.45) is 5.47. The lowest BCUT2D eigenvalue weighted by Crippen LogP contribution is -2.22. The Bertz CT molecular complexity index is 724. The van der Waals surface area contributed by atoms with Crippen LogP contribution in [0.4, 0.5) is 4.39 Å². The third kappa shape index (κ3) is 9.22. The molecule has 0 bridgehead atoms. The summed E-state index contributed by atoms with van der Waals surface area (Å²) in [5, 5.41) is 32.2. The van der Waals surface area contributed by atoms with E-state index in [4.69, 9.17) is 4.74 Å². The van der Waals surface area contributed by atoms with Crippen LogP contribution in [0.5, 0.6) is 5.75 Å². The van der Waals surface area contributed by atoms with Crippen LogP contribution < -0.4 is 5.32 Å². The molecule has 0 heterocycles. The maximum Gasteiger partial charge on any atom is 0.123 e. The molecule has 0 saturated heterocycles. The second-order valence-corrected chi connectivity index (χ2v) is 7.52. The monoisotopic (exact) mass is 419 g/mol. The van der Waals surface area contributed by atoms with Gasteiger partial charge in [0.25, 0.3) is 0 Å². The van der Waals surface area contributed by atoms with E-state index in [0.29, 0.717) is 17.7 Å². The predicted octanol–water partition coefficient (Wildman–Crippen LogP) is 3.86. The first-order valence-corrected chi connectivity index (χ1v) is 10.7. The summed E-state index contributed by atoms with van der Waals surface area (Å²) in [5.41, 5.74) is 2.24. The molecule has 2 aromatic carbocycles. The van der Waals surface area contributed by atoms with Crippen molar-refractivity contribution in [3.05, 3.63) is 65.0 Å². The van der Waals surface area contributed by atoms with Crippen molar-refractivity contribution < 1.29 is 24.4 Å². The molecule has 4 N–H and O–H groups in total. The molecule has 2 aromatic rings. The number of hydrogen-bond acceptors (Lipinski definition) is 5. The summed E-state index contributed by atoms with van der Waals surface area (Å²) >= 11 is 0. The van der Waals surface area contributed by atoms with Crippen molar-refractivity contribution in [3.63, 3.8) is 0 Å². The number of ether oxygens (including phenoxy) is 1. The van der Waals surface area contributed by atoms with Crippen molar-refractivity contribution in [2.75, 3.05) is 26.3 Å². The largest absolute Gasteiger partial charge is 0.508 e. The highest BCUT2D eigenvalue weighted by Gasteiger charge is 2.09. The van der Waals surface area contributed by atoms with Gasteiger partial charge < -0.3 is 25.4 Å². The van der Waals surface area contributed by atoms with Gasteiger partial charge in [0.15, 0.2) is 0 Å². The molecule has 0 amide bonds. The molecule has 0 fully saturated rings. The SMILES string of the molecule is OCc1cc(C(O)CNCCCCCCOCCCc2ccc(F)cc2)ccc1O. The zero-order valence-electron chi connectivity index (χ0n) is 17.5. The first-order valence-electron chi connectivity index (χ1n) is 10.7. The van der Waals surface area contributed by atoms with Crippen LogP contribution in [0, 0.1) is 5.82 Å². The molecule has 6 heteroatoms. The fourth-order valence-electron chi connectivity index (χ4n) is 3.24. The molecule has 30 heavy (non-hydrogen) atoms. The van der Waals surface area contributed by atoms with Crippen molar-refractivity contribution >= 4 is 0 Å². The zero-order chi connectivity index (χ0) is 21.6. The maximum absolute atomic E-state index is 12.8. The smallest absolute Gasteiger partial charge is 0.123 e. The standard InChI is InChI=1S/C24H34FNO4/c25-22-10-7-19(8-11-22)6-5-15-30-14-4-2-1-3-13-26-17-24(29)20-9-12-23(28)21(16-20)18-27/h7-12,16,24,26-29H,1-6,13-15,17-18H2. The van der Waals surface area contributed by atoms with Gasteiger partial charge in [0.2, 0.25) is 0 Å². The van der Waals surface area contributed by atoms with E-state index in [-0.39, 0.29) is 18.2 Å². The van der Waals surface area contributed by atoms with E-state index >= 15 is 0 Å². The summed E-state index contributed by atoms with van der Waals surface area (Å²) in [6, 6.07) is 11.4. The topological polar surface area (TPSA) is 82.0 Å². The molecule has 0 saturated carbocycles. The molecule has 166 valence electrons. The van der Waals surface area contributed by atoms with Crippen LogP contribution in [-0.2, 0) is 17.8 Å². The van der Waals surface area contributed by atoms with Crippen LogP contribution in [0.2, 0.25) is 0 Å². The van der Waals surface area contributed by atoms with Gasteiger partial charge in [-0.2, -0.15) is 0 Å². The molecule has 5 nitrogen and oxygen atoms in total. The normalized spacial score (nSPS) is 12.2. The minimum atomic E-state index is -0.667. The summed E-state index contributed by atoms with van der Waals surface area (Å²) < 4.78 is 18.5. The summed E-state index contributed by atoms with van der Waals surface area (Å²) in [4.78, 5) is 0. The van der Waals surface area contributed by atoms with Crippen LogP contribution in [0.25, 0.3) is 0 Å². The number of halogens is 1. The van der Waals surface area contributed by atoms with Crippen LogP contribution in [0.1, 0.15) is 54.9 Å². The number of benzene rings is 2. The lowest BCUT2D eigenvalue weighted by atomic mass is 10.1. The van der Waals surface area contributed by atoms with E-state index in [0.717, 1.165) is 63.8 Å². The summed E-state index contributed by atoms with van der Waals surface area (Å²) in [5.74, 6) is -0.159. The Kier molecular flexibility index (Phi) is 11.4. The van der Waals surface area contributed by atoms with E-state index in [1.54, 1.807) is 12.1 Å². The number of nitrogens with one attached hydrogen (secondary N) is 1. The Balaban J connectivity index is 1.41. The molecule has 1 unspecified atom stereocenters. The highest BCUT2D eigenvalue weighted by Crippen LogP contribution is 2.22. The van der Waals surface area contributed by atoms with Crippen molar-refractivity contribution in [2.24, 2.45) is 0 Å². The predicted molar refractivity (Wildman–Crippen MR) is 116 cm³/mol. The average Bonchev–Trinajstić information content (AvgIpc) is 2.76. The molecule has 0 aromatic heterocycles. The number of phenols is 1. The second kappa shape index (κ2) is 14.1. The van der Waals surface area contributed by atoms with Crippen molar-refractivity contribution in [2.45, 2.75) is 51.2 Å². The Morgan fingerprint density at radius 3 is 2.43 bits per heavy atom. The number of aryl methyl sites for hydroxylation is 1. The lowest BCUT2D eigenvalue weighted by Gasteiger charge is -2.14. The van der Waals surface area contributed by atoms with Gasteiger partial charge in [-0.05, 0) is 67.6 Å². The van der Waals surface area contributed by atoms with Gasteiger partial charge in [-0.15, -0.1) is 0 Å². The molecule has 0 aliphatic carbocycles. The van der Waals surface area contributed by atoms with E-state index in [2.05, 4.69) is 5.32 Å². The van der Waals surface area contributed by atoms with Crippen molar-refractivity contribution in [1.82, 2.24) is 5.32 Å². The highest BCUT2D eigenvalue weighted by atomic mass is 19.1. The van der Waals surface area contributed by atoms with Gasteiger partial charge in [-0.3, -0.25) is 0 Å². The first-order chi connectivity index (χ1) is 14.6. The van der Waals surface area contributed by atoms with Gasteiger partial charge in [0.05, 0.1) is 12.7 Å². The van der Waals surface area contributed by atoms with Crippen molar-refractivity contribution in [3.8, 4) is 5.75 Å². The minimum absolute atomic E-state index is 0.0401. The molecule has 2 rings (SSSR count). The Morgan fingerprint density at radius 1 is 0.933 bits per heavy atom. The number of aliphatic hydroxyl groups excluding tert-OH is 2. The highest BCUT2D eigenvalue weighted by molar-refractivity contribution is 5.36. The Labute approximate surface area is 178 Å². The molecule has 0 spiro atoms. The maximum atomic E-state index is 12.8. The Hall–Kier alpha value is -1.99. The first kappa shape index (κ1) is 24.3. The average molecular weight is 420 g/mol. The van der Waals surface area contributed by atoms with E-state index < -0.39 is 6.10 Å². The Morgan fingerprint density at radius 2 is 1.67 bits per heavy atom. The zero-order valence-corrected chi connectivity index (χ0v) is 17.5. The fourth-order valence-corrected chi connectivity index (χ4v) is 3.24. The third-order valence-corrected chi connectivity index (χ3v) is 5.06. The number of aliphatic hydroxyl groups is 2. The number of hydrogen-bond donors (Lipinski definition) is 4. The quantitative estimate of drug-likeness (QED) is 0.330. The summed E-state index contributed by atoms with van der Waals surface area (Å²) in [6.45, 7) is 2.51. The van der Waals surface area contributed by atoms with Gasteiger partial charge in [-0.1, -0.05) is 31.0 Å². The molecule has 1 atom stereocenters. The van der Waals surface area contributed by atoms with Crippen LogP contribution in [0.15, 0.2) is 42.5 Å². The molecule has 0 aliphatic rings. The van der Waals surface area contributed by atoms with Crippen LogP contribution in [0.3, 0.4) is 0 Å². The fraction of sp³-hybridized carbons (Fsp3) is 0.500. The van der Waals surface area contributed by atoms with E-state index in [1.165, 1.54) is 18.2 Å². The van der Waals surface area contributed by atoms with Crippen molar-refractivity contribution in [1.29, 1.82) is 0 Å². The molecule has 0 aliphatic heterocycles.